The fraction of sp³-hybridized carbons (Fsp3) is 0.0833. The number of halogens is 3. The highest BCUT2D eigenvalue weighted by molar-refractivity contribution is 7.13. The molecule has 1 heterocycles. The van der Waals surface area contributed by atoms with Crippen LogP contribution in [0, 0.1) is 24.4 Å². The molecule has 0 aliphatic rings. The first kappa shape index (κ1) is 21.6. The zero-order valence-electron chi connectivity index (χ0n) is 16.9. The normalized spacial score (nSPS) is 10.8. The molecular formula is C24H17F3N2O2S. The molecule has 4 aromatic rings. The molecule has 0 radical (unpaired) electrons. The number of amides is 1. The summed E-state index contributed by atoms with van der Waals surface area (Å²) in [6, 6.07) is 14.7. The average Bonchev–Trinajstić information content (AvgIpc) is 3.27. The van der Waals surface area contributed by atoms with Crippen LogP contribution in [0.5, 0.6) is 5.75 Å². The van der Waals surface area contributed by atoms with Crippen molar-refractivity contribution in [3.63, 3.8) is 0 Å². The van der Waals surface area contributed by atoms with Crippen molar-refractivity contribution in [3.8, 4) is 16.3 Å². The highest BCUT2D eigenvalue weighted by atomic mass is 32.1. The first-order valence-electron chi connectivity index (χ1n) is 9.59. The number of nitrogens with zero attached hydrogens (tertiary/aromatic N) is 1. The van der Waals surface area contributed by atoms with Gasteiger partial charge in [0.05, 0.1) is 5.69 Å². The maximum Gasteiger partial charge on any atom is 0.275 e. The van der Waals surface area contributed by atoms with Crippen molar-refractivity contribution in [2.24, 2.45) is 0 Å². The lowest BCUT2D eigenvalue weighted by atomic mass is 10.2. The highest BCUT2D eigenvalue weighted by Crippen LogP contribution is 2.27. The molecule has 0 atom stereocenters. The SMILES string of the molecule is Cc1ccc(F)c(NC(=O)c2csc(-c3ccc(OCc4ccc(F)cc4F)cc3)n2)c1. The summed E-state index contributed by atoms with van der Waals surface area (Å²) >= 11 is 1.28. The van der Waals surface area contributed by atoms with Crippen LogP contribution in [0.4, 0.5) is 18.9 Å². The number of aryl methyl sites for hydroxylation is 1. The van der Waals surface area contributed by atoms with Gasteiger partial charge in [0.1, 0.15) is 40.5 Å². The van der Waals surface area contributed by atoms with Crippen LogP contribution in [0.1, 0.15) is 21.6 Å². The summed E-state index contributed by atoms with van der Waals surface area (Å²) in [6.07, 6.45) is 0. The number of anilines is 1. The number of carbonyl (C=O) groups excluding carboxylic acids is 1. The van der Waals surface area contributed by atoms with Crippen LogP contribution in [0.25, 0.3) is 10.6 Å². The van der Waals surface area contributed by atoms with Gasteiger partial charge >= 0.3 is 0 Å². The lowest BCUT2D eigenvalue weighted by molar-refractivity contribution is 0.102. The molecule has 0 aliphatic heterocycles. The second-order valence-electron chi connectivity index (χ2n) is 7.02. The van der Waals surface area contributed by atoms with Crippen molar-refractivity contribution in [1.82, 2.24) is 4.98 Å². The maximum atomic E-state index is 13.9. The summed E-state index contributed by atoms with van der Waals surface area (Å²) in [5.41, 5.74) is 2.11. The second-order valence-corrected chi connectivity index (χ2v) is 7.88. The molecule has 0 spiro atoms. The molecule has 32 heavy (non-hydrogen) atoms. The van der Waals surface area contributed by atoms with Crippen LogP contribution in [-0.2, 0) is 6.61 Å². The molecule has 8 heteroatoms. The Balaban J connectivity index is 1.41. The van der Waals surface area contributed by atoms with E-state index in [1.165, 1.54) is 29.5 Å². The molecule has 1 amide bonds. The monoisotopic (exact) mass is 454 g/mol. The Bertz CT molecular complexity index is 1270. The highest BCUT2D eigenvalue weighted by Gasteiger charge is 2.14. The number of hydrogen-bond acceptors (Lipinski definition) is 4. The summed E-state index contributed by atoms with van der Waals surface area (Å²) in [4.78, 5) is 16.8. The van der Waals surface area contributed by atoms with E-state index in [0.29, 0.717) is 10.8 Å². The molecule has 4 nitrogen and oxygen atoms in total. The Hall–Kier alpha value is -3.65. The van der Waals surface area contributed by atoms with Crippen molar-refractivity contribution in [1.29, 1.82) is 0 Å². The minimum absolute atomic E-state index is 0.0391. The van der Waals surface area contributed by atoms with E-state index < -0.39 is 23.4 Å². The molecule has 0 saturated heterocycles. The smallest absolute Gasteiger partial charge is 0.275 e. The third kappa shape index (κ3) is 4.97. The lowest BCUT2D eigenvalue weighted by Gasteiger charge is -2.08. The summed E-state index contributed by atoms with van der Waals surface area (Å²) < 4.78 is 46.1. The van der Waals surface area contributed by atoms with Crippen LogP contribution in [0.15, 0.2) is 66.0 Å². The van der Waals surface area contributed by atoms with Crippen LogP contribution in [-0.4, -0.2) is 10.9 Å². The summed E-state index contributed by atoms with van der Waals surface area (Å²) in [6.45, 7) is 1.77. The fourth-order valence-electron chi connectivity index (χ4n) is 2.93. The van der Waals surface area contributed by atoms with Gasteiger partial charge in [0.25, 0.3) is 5.91 Å². The minimum Gasteiger partial charge on any atom is -0.489 e. The van der Waals surface area contributed by atoms with E-state index in [1.807, 2.05) is 0 Å². The van der Waals surface area contributed by atoms with Crippen LogP contribution in [0.3, 0.4) is 0 Å². The first-order chi connectivity index (χ1) is 15.4. The molecule has 1 aromatic heterocycles. The van der Waals surface area contributed by atoms with Gasteiger partial charge in [0.2, 0.25) is 0 Å². The van der Waals surface area contributed by atoms with Gasteiger partial charge in [0.15, 0.2) is 0 Å². The van der Waals surface area contributed by atoms with Crippen molar-refractivity contribution >= 4 is 22.9 Å². The van der Waals surface area contributed by atoms with Crippen LogP contribution in [0.2, 0.25) is 0 Å². The number of ether oxygens (including phenoxy) is 1. The predicted octanol–water partition coefficient (Wildman–Crippen LogP) is 6.37. The molecule has 0 saturated carbocycles. The van der Waals surface area contributed by atoms with Gasteiger partial charge in [-0.15, -0.1) is 11.3 Å². The van der Waals surface area contributed by atoms with E-state index in [2.05, 4.69) is 10.3 Å². The van der Waals surface area contributed by atoms with E-state index >= 15 is 0 Å². The van der Waals surface area contributed by atoms with Gasteiger partial charge in [0, 0.05) is 22.6 Å². The van der Waals surface area contributed by atoms with Gasteiger partial charge in [-0.05, 0) is 61.0 Å². The summed E-state index contributed by atoms with van der Waals surface area (Å²) in [5.74, 6) is -1.83. The standard InChI is InChI=1S/C24H17F3N2O2S/c1-14-2-9-19(26)21(10-14)28-23(30)22-13-32-24(29-22)15-4-7-18(8-5-15)31-12-16-3-6-17(25)11-20(16)27/h2-11,13H,12H2,1H3,(H,28,30). The van der Waals surface area contributed by atoms with Crippen molar-refractivity contribution in [2.45, 2.75) is 13.5 Å². The molecular weight excluding hydrogens is 437 g/mol. The number of benzene rings is 3. The molecule has 4 rings (SSSR count). The molecule has 162 valence electrons. The van der Waals surface area contributed by atoms with E-state index in [9.17, 15) is 18.0 Å². The number of nitrogens with one attached hydrogen (secondary N) is 1. The van der Waals surface area contributed by atoms with Crippen molar-refractivity contribution in [2.75, 3.05) is 5.32 Å². The van der Waals surface area contributed by atoms with Crippen molar-refractivity contribution < 1.29 is 22.7 Å². The second kappa shape index (κ2) is 9.23. The molecule has 1 N–H and O–H groups in total. The van der Waals surface area contributed by atoms with Gasteiger partial charge in [-0.3, -0.25) is 4.79 Å². The summed E-state index contributed by atoms with van der Waals surface area (Å²) in [5, 5.41) is 4.74. The molecule has 0 bridgehead atoms. The number of hydrogen-bond donors (Lipinski definition) is 1. The third-order valence-electron chi connectivity index (χ3n) is 4.62. The molecule has 0 aliphatic carbocycles. The zero-order valence-corrected chi connectivity index (χ0v) is 17.7. The van der Waals surface area contributed by atoms with Crippen LogP contribution >= 0.6 is 11.3 Å². The summed E-state index contributed by atoms with van der Waals surface area (Å²) in [7, 11) is 0. The first-order valence-corrected chi connectivity index (χ1v) is 10.5. The number of aromatic nitrogens is 1. The van der Waals surface area contributed by atoms with Gasteiger partial charge in [-0.25, -0.2) is 18.2 Å². The maximum absolute atomic E-state index is 13.9. The Morgan fingerprint density at radius 3 is 2.53 bits per heavy atom. The van der Waals surface area contributed by atoms with Crippen molar-refractivity contribution in [3.05, 3.63) is 100 Å². The fourth-order valence-corrected chi connectivity index (χ4v) is 3.73. The average molecular weight is 454 g/mol. The largest absolute Gasteiger partial charge is 0.489 e. The van der Waals surface area contributed by atoms with E-state index in [-0.39, 0.29) is 23.6 Å². The van der Waals surface area contributed by atoms with E-state index in [0.717, 1.165) is 17.2 Å². The Labute approximate surface area is 186 Å². The topological polar surface area (TPSA) is 51.2 Å². The number of rotatable bonds is 6. The van der Waals surface area contributed by atoms with E-state index in [1.54, 1.807) is 48.7 Å². The minimum atomic E-state index is -0.666. The third-order valence-corrected chi connectivity index (χ3v) is 5.51. The molecule has 0 unspecified atom stereocenters. The Morgan fingerprint density at radius 2 is 1.78 bits per heavy atom. The predicted molar refractivity (Wildman–Crippen MR) is 117 cm³/mol. The van der Waals surface area contributed by atoms with Gasteiger partial charge < -0.3 is 10.1 Å². The molecule has 3 aromatic carbocycles. The quantitative estimate of drug-likeness (QED) is 0.368. The van der Waals surface area contributed by atoms with Gasteiger partial charge in [-0.1, -0.05) is 6.07 Å². The number of carbonyl (C=O) groups is 1. The Morgan fingerprint density at radius 1 is 1.00 bits per heavy atom. The lowest BCUT2D eigenvalue weighted by Crippen LogP contribution is -2.13. The zero-order chi connectivity index (χ0) is 22.7. The number of thiazole rings is 1. The molecule has 0 fully saturated rings. The van der Waals surface area contributed by atoms with E-state index in [4.69, 9.17) is 4.74 Å². The Kier molecular flexibility index (Phi) is 6.23. The van der Waals surface area contributed by atoms with Crippen LogP contribution < -0.4 is 10.1 Å². The van der Waals surface area contributed by atoms with Gasteiger partial charge in [-0.2, -0.15) is 0 Å².